The summed E-state index contributed by atoms with van der Waals surface area (Å²) in [5.74, 6) is 0. The van der Waals surface area contributed by atoms with E-state index in [1.165, 1.54) is 28.4 Å². The van der Waals surface area contributed by atoms with Crippen molar-refractivity contribution in [1.82, 2.24) is 14.2 Å². The van der Waals surface area contributed by atoms with E-state index in [1.807, 2.05) is 6.92 Å². The maximum Gasteiger partial charge on any atom is 0.335 e. The predicted octanol–water partition coefficient (Wildman–Crippen LogP) is 2.24. The molecule has 0 amide bonds. The molecule has 0 atom stereocenters. The summed E-state index contributed by atoms with van der Waals surface area (Å²) in [6.45, 7) is 2.93. The molecule has 0 saturated heterocycles. The van der Waals surface area contributed by atoms with Gasteiger partial charge in [0, 0.05) is 34.8 Å². The fourth-order valence-electron chi connectivity index (χ4n) is 1.68. The molecule has 0 aliphatic rings. The van der Waals surface area contributed by atoms with Gasteiger partial charge in [-0.05, 0) is 22.4 Å². The average Bonchev–Trinajstić information content (AvgIpc) is 2.87. The van der Waals surface area contributed by atoms with E-state index in [9.17, 15) is 14.9 Å². The first-order valence-electron chi connectivity index (χ1n) is 6.12. The third-order valence-corrected chi connectivity index (χ3v) is 3.80. The first-order valence-corrected chi connectivity index (χ1v) is 7.69. The zero-order chi connectivity index (χ0) is 15.4. The maximum atomic E-state index is 12.0. The highest BCUT2D eigenvalue weighted by molar-refractivity contribution is 9.10. The fourth-order valence-corrected chi connectivity index (χ4v) is 2.74. The molecule has 0 bridgehead atoms. The Balaban J connectivity index is 2.34. The van der Waals surface area contributed by atoms with Crippen molar-refractivity contribution in [3.05, 3.63) is 42.9 Å². The summed E-state index contributed by atoms with van der Waals surface area (Å²) in [6.07, 6.45) is 2.44. The van der Waals surface area contributed by atoms with E-state index in [1.54, 1.807) is 0 Å². The molecule has 2 heterocycles. The van der Waals surface area contributed by atoms with Crippen LogP contribution in [0.15, 0.2) is 21.5 Å². The highest BCUT2D eigenvalue weighted by Crippen LogP contribution is 2.20. The van der Waals surface area contributed by atoms with Gasteiger partial charge in [-0.2, -0.15) is 0 Å². The van der Waals surface area contributed by atoms with Crippen molar-refractivity contribution < 1.29 is 4.92 Å². The number of hydrogen-bond acceptors (Lipinski definition) is 7. The highest BCUT2D eigenvalue weighted by atomic mass is 79.9. The van der Waals surface area contributed by atoms with Crippen LogP contribution >= 0.6 is 27.5 Å². The molecule has 21 heavy (non-hydrogen) atoms. The van der Waals surface area contributed by atoms with Gasteiger partial charge in [0.15, 0.2) is 0 Å². The number of anilines is 1. The monoisotopic (exact) mass is 373 g/mol. The Labute approximate surface area is 132 Å². The van der Waals surface area contributed by atoms with Crippen LogP contribution in [0, 0.1) is 10.1 Å². The van der Waals surface area contributed by atoms with Gasteiger partial charge in [0.25, 0.3) is 0 Å². The lowest BCUT2D eigenvalue weighted by Gasteiger charge is -2.06. The third kappa shape index (κ3) is 3.64. The number of nitrogens with zero attached hydrogens (tertiary/aromatic N) is 4. The molecule has 2 aromatic heterocycles. The van der Waals surface area contributed by atoms with Crippen molar-refractivity contribution in [1.29, 1.82) is 0 Å². The molecule has 1 N–H and O–H groups in total. The van der Waals surface area contributed by atoms with Crippen LogP contribution in [0.25, 0.3) is 0 Å². The standard InChI is InChI=1S/C11H12BrN5O3S/c1-2-3-13-10-8(14-15-21-10)6-16-5-7(12)4-9(11(16)18)17(19)20/h4-5,13H,2-3,6H2,1H3. The van der Waals surface area contributed by atoms with Gasteiger partial charge in [-0.15, -0.1) is 5.10 Å². The SMILES string of the molecule is CCCNc1snnc1Cn1cc(Br)cc([N+](=O)[O-])c1=O. The summed E-state index contributed by atoms with van der Waals surface area (Å²) >= 11 is 4.36. The fraction of sp³-hybridized carbons (Fsp3) is 0.364. The molecule has 0 aromatic carbocycles. The molecule has 0 aliphatic carbocycles. The lowest BCUT2D eigenvalue weighted by atomic mass is 10.3. The summed E-state index contributed by atoms with van der Waals surface area (Å²) in [7, 11) is 0. The molecular weight excluding hydrogens is 362 g/mol. The Kier molecular flexibility index (Phi) is 5.02. The van der Waals surface area contributed by atoms with E-state index in [2.05, 4.69) is 30.8 Å². The Bertz CT molecular complexity index is 714. The second-order valence-electron chi connectivity index (χ2n) is 4.21. The smallest absolute Gasteiger partial charge is 0.335 e. The minimum atomic E-state index is -0.695. The number of rotatable bonds is 6. The lowest BCUT2D eigenvalue weighted by molar-refractivity contribution is -0.386. The molecule has 0 aliphatic heterocycles. The van der Waals surface area contributed by atoms with Crippen LogP contribution in [-0.2, 0) is 6.54 Å². The number of aromatic nitrogens is 3. The van der Waals surface area contributed by atoms with Crippen molar-refractivity contribution in [2.75, 3.05) is 11.9 Å². The summed E-state index contributed by atoms with van der Waals surface area (Å²) < 4.78 is 5.55. The van der Waals surface area contributed by atoms with Crippen LogP contribution in [0.3, 0.4) is 0 Å². The minimum Gasteiger partial charge on any atom is -0.374 e. The molecular formula is C11H12BrN5O3S. The van der Waals surface area contributed by atoms with Crippen molar-refractivity contribution in [2.24, 2.45) is 0 Å². The number of nitrogens with one attached hydrogen (secondary N) is 1. The first kappa shape index (κ1) is 15.6. The van der Waals surface area contributed by atoms with E-state index in [4.69, 9.17) is 0 Å². The normalized spacial score (nSPS) is 10.6. The van der Waals surface area contributed by atoms with Crippen LogP contribution in [-0.4, -0.2) is 25.6 Å². The van der Waals surface area contributed by atoms with Crippen LogP contribution in [0.1, 0.15) is 19.0 Å². The quantitative estimate of drug-likeness (QED) is 0.615. The number of pyridine rings is 1. The minimum absolute atomic E-state index is 0.127. The van der Waals surface area contributed by atoms with Gasteiger partial charge in [0.1, 0.15) is 10.7 Å². The Morgan fingerprint density at radius 3 is 3.00 bits per heavy atom. The van der Waals surface area contributed by atoms with Crippen LogP contribution in [0.2, 0.25) is 0 Å². The summed E-state index contributed by atoms with van der Waals surface area (Å²) in [4.78, 5) is 22.2. The molecule has 8 nitrogen and oxygen atoms in total. The van der Waals surface area contributed by atoms with Crippen molar-refractivity contribution in [2.45, 2.75) is 19.9 Å². The molecule has 0 saturated carbocycles. The molecule has 112 valence electrons. The van der Waals surface area contributed by atoms with E-state index in [-0.39, 0.29) is 6.54 Å². The molecule has 0 unspecified atom stereocenters. The second kappa shape index (κ2) is 6.76. The van der Waals surface area contributed by atoms with Gasteiger partial charge >= 0.3 is 11.2 Å². The van der Waals surface area contributed by atoms with Crippen molar-refractivity contribution >= 4 is 38.2 Å². The Hall–Kier alpha value is -1.81. The van der Waals surface area contributed by atoms with Gasteiger partial charge < -0.3 is 9.88 Å². The molecule has 0 radical (unpaired) electrons. The summed E-state index contributed by atoms with van der Waals surface area (Å²) in [6, 6.07) is 1.19. The number of hydrogen-bond donors (Lipinski definition) is 1. The molecule has 0 spiro atoms. The van der Waals surface area contributed by atoms with Gasteiger partial charge in [-0.3, -0.25) is 14.9 Å². The first-order chi connectivity index (χ1) is 10.0. The van der Waals surface area contributed by atoms with Gasteiger partial charge in [0.2, 0.25) is 0 Å². The molecule has 2 rings (SSSR count). The van der Waals surface area contributed by atoms with Crippen molar-refractivity contribution in [3.8, 4) is 0 Å². The van der Waals surface area contributed by atoms with Crippen molar-refractivity contribution in [3.63, 3.8) is 0 Å². The third-order valence-electron chi connectivity index (χ3n) is 2.64. The maximum absolute atomic E-state index is 12.0. The topological polar surface area (TPSA) is 103 Å². The van der Waals surface area contributed by atoms with Crippen LogP contribution in [0.5, 0.6) is 0 Å². The molecule has 0 fully saturated rings. The largest absolute Gasteiger partial charge is 0.374 e. The van der Waals surface area contributed by atoms with Gasteiger partial charge in [-0.1, -0.05) is 11.4 Å². The van der Waals surface area contributed by atoms with Crippen LogP contribution in [0.4, 0.5) is 10.7 Å². The number of nitro groups is 1. The lowest BCUT2D eigenvalue weighted by Crippen LogP contribution is -2.23. The number of halogens is 1. The summed E-state index contributed by atoms with van der Waals surface area (Å²) in [5, 5.41) is 18.8. The zero-order valence-electron chi connectivity index (χ0n) is 11.1. The summed E-state index contributed by atoms with van der Waals surface area (Å²) in [5.41, 5.74) is -0.559. The van der Waals surface area contributed by atoms with E-state index >= 15 is 0 Å². The van der Waals surface area contributed by atoms with E-state index < -0.39 is 16.2 Å². The Morgan fingerprint density at radius 1 is 1.57 bits per heavy atom. The highest BCUT2D eigenvalue weighted by Gasteiger charge is 2.17. The van der Waals surface area contributed by atoms with E-state index in [0.29, 0.717) is 10.2 Å². The van der Waals surface area contributed by atoms with Gasteiger partial charge in [-0.25, -0.2) is 0 Å². The Morgan fingerprint density at radius 2 is 2.33 bits per heavy atom. The van der Waals surface area contributed by atoms with Crippen LogP contribution < -0.4 is 10.9 Å². The van der Waals surface area contributed by atoms with E-state index in [0.717, 1.165) is 18.0 Å². The predicted molar refractivity (Wildman–Crippen MR) is 82.8 cm³/mol. The average molecular weight is 374 g/mol. The molecule has 2 aromatic rings. The zero-order valence-corrected chi connectivity index (χ0v) is 13.5. The van der Waals surface area contributed by atoms with Gasteiger partial charge in [0.05, 0.1) is 11.5 Å². The molecule has 10 heteroatoms. The second-order valence-corrected chi connectivity index (χ2v) is 5.88.